The maximum absolute atomic E-state index is 13.3. The van der Waals surface area contributed by atoms with Gasteiger partial charge in [-0.1, -0.05) is 38.0 Å². The van der Waals surface area contributed by atoms with Gasteiger partial charge in [0, 0.05) is 11.4 Å². The molecule has 7 heteroatoms. The van der Waals surface area contributed by atoms with Crippen LogP contribution in [0, 0.1) is 0 Å². The van der Waals surface area contributed by atoms with E-state index in [4.69, 9.17) is 7.85 Å². The molecule has 0 amide bonds. The molecule has 1 aliphatic heterocycles. The summed E-state index contributed by atoms with van der Waals surface area (Å²) >= 11 is 0. The largest absolute Gasteiger partial charge is 0.481 e. The van der Waals surface area contributed by atoms with Gasteiger partial charge in [0.15, 0.2) is 0 Å². The lowest BCUT2D eigenvalue weighted by atomic mass is 9.63. The molecule has 0 saturated carbocycles. The molecule has 0 aliphatic carbocycles. The molecular formula is C20H27BF3NO2. The van der Waals surface area contributed by atoms with Gasteiger partial charge in [0.05, 0.1) is 13.4 Å². The first-order valence-corrected chi connectivity index (χ1v) is 9.61. The van der Waals surface area contributed by atoms with Gasteiger partial charge in [0.25, 0.3) is 0 Å². The number of carboxylic acids is 1. The fourth-order valence-corrected chi connectivity index (χ4v) is 3.92. The van der Waals surface area contributed by atoms with Crippen molar-refractivity contribution >= 4 is 13.8 Å². The summed E-state index contributed by atoms with van der Waals surface area (Å²) in [6.45, 7) is 3.25. The molecule has 148 valence electrons. The normalized spacial score (nSPS) is 20.5. The Kier molecular flexibility index (Phi) is 7.37. The lowest BCUT2D eigenvalue weighted by Gasteiger charge is -2.30. The van der Waals surface area contributed by atoms with Crippen LogP contribution in [0.25, 0.3) is 0 Å². The Morgan fingerprint density at radius 1 is 1.26 bits per heavy atom. The third-order valence-corrected chi connectivity index (χ3v) is 5.46. The smallest absolute Gasteiger partial charge is 0.416 e. The number of hydrogen-bond donors (Lipinski definition) is 1. The minimum absolute atomic E-state index is 0.282. The van der Waals surface area contributed by atoms with Gasteiger partial charge in [-0.3, -0.25) is 9.69 Å². The monoisotopic (exact) mass is 381 g/mol. The van der Waals surface area contributed by atoms with E-state index in [2.05, 4.69) is 0 Å². The molecular weight excluding hydrogens is 354 g/mol. The van der Waals surface area contributed by atoms with Crippen LogP contribution in [-0.4, -0.2) is 36.9 Å². The minimum atomic E-state index is -4.37. The fraction of sp³-hybridized carbons (Fsp3) is 0.650. The van der Waals surface area contributed by atoms with Gasteiger partial charge < -0.3 is 5.11 Å². The zero-order valence-corrected chi connectivity index (χ0v) is 15.8. The number of nitrogens with zero attached hydrogens (tertiary/aromatic N) is 1. The summed E-state index contributed by atoms with van der Waals surface area (Å²) in [5, 5.41) is 8.19. The maximum Gasteiger partial charge on any atom is 0.416 e. The number of unbranched alkanes of at least 4 members (excludes halogenated alkanes) is 1. The van der Waals surface area contributed by atoms with E-state index >= 15 is 0 Å². The Hall–Kier alpha value is -1.50. The minimum Gasteiger partial charge on any atom is -0.481 e. The third-order valence-electron chi connectivity index (χ3n) is 5.46. The summed E-state index contributed by atoms with van der Waals surface area (Å²) in [6, 6.07) is 5.45. The molecule has 2 atom stereocenters. The lowest BCUT2D eigenvalue weighted by molar-refractivity contribution is -0.141. The highest BCUT2D eigenvalue weighted by molar-refractivity contribution is 6.26. The van der Waals surface area contributed by atoms with E-state index in [1.807, 2.05) is 11.8 Å². The van der Waals surface area contributed by atoms with Gasteiger partial charge in [-0.2, -0.15) is 13.2 Å². The number of benzene rings is 1. The van der Waals surface area contributed by atoms with E-state index in [1.54, 1.807) is 12.1 Å². The van der Waals surface area contributed by atoms with Gasteiger partial charge in [-0.15, -0.1) is 0 Å². The summed E-state index contributed by atoms with van der Waals surface area (Å²) in [5.74, 6) is -1.00. The summed E-state index contributed by atoms with van der Waals surface area (Å²) in [7, 11) is 6.07. The average molecular weight is 381 g/mol. The van der Waals surface area contributed by atoms with Crippen molar-refractivity contribution < 1.29 is 23.1 Å². The summed E-state index contributed by atoms with van der Waals surface area (Å²) in [6.07, 6.45) is 0.0430. The molecule has 1 saturated heterocycles. The quantitative estimate of drug-likeness (QED) is 0.596. The van der Waals surface area contributed by atoms with Gasteiger partial charge in [-0.05, 0) is 56.8 Å². The zero-order valence-electron chi connectivity index (χ0n) is 15.8. The second-order valence-corrected chi connectivity index (χ2v) is 7.45. The molecule has 1 aromatic carbocycles. The highest BCUT2D eigenvalue weighted by Gasteiger charge is 2.38. The molecule has 2 unspecified atom stereocenters. The lowest BCUT2D eigenvalue weighted by Crippen LogP contribution is -2.29. The van der Waals surface area contributed by atoms with Crippen molar-refractivity contribution in [3.05, 3.63) is 35.4 Å². The molecule has 1 heterocycles. The van der Waals surface area contributed by atoms with E-state index in [1.165, 1.54) is 6.07 Å². The molecule has 2 radical (unpaired) electrons. The van der Waals surface area contributed by atoms with Crippen LogP contribution in [0.4, 0.5) is 13.2 Å². The van der Waals surface area contributed by atoms with Gasteiger partial charge in [-0.25, -0.2) is 0 Å². The van der Waals surface area contributed by atoms with Crippen LogP contribution in [0.2, 0.25) is 5.31 Å². The van der Waals surface area contributed by atoms with Crippen LogP contribution in [0.15, 0.2) is 24.3 Å². The summed E-state index contributed by atoms with van der Waals surface area (Å²) in [5.41, 5.74) is -0.269. The Bertz CT molecular complexity index is 638. The van der Waals surface area contributed by atoms with Crippen molar-refractivity contribution in [2.75, 3.05) is 13.1 Å². The molecule has 1 aromatic rings. The van der Waals surface area contributed by atoms with Crippen molar-refractivity contribution in [1.29, 1.82) is 0 Å². The van der Waals surface area contributed by atoms with E-state index < -0.39 is 23.0 Å². The van der Waals surface area contributed by atoms with E-state index in [0.29, 0.717) is 37.8 Å². The second-order valence-electron chi connectivity index (χ2n) is 7.45. The van der Waals surface area contributed by atoms with Crippen molar-refractivity contribution in [2.45, 2.75) is 69.4 Å². The van der Waals surface area contributed by atoms with Gasteiger partial charge in [0.2, 0.25) is 0 Å². The van der Waals surface area contributed by atoms with E-state index in [-0.39, 0.29) is 6.04 Å². The van der Waals surface area contributed by atoms with Crippen LogP contribution >= 0.6 is 0 Å². The highest BCUT2D eigenvalue weighted by atomic mass is 19.4. The Morgan fingerprint density at radius 2 is 1.93 bits per heavy atom. The number of carbonyl (C=O) groups is 1. The fourth-order valence-electron chi connectivity index (χ4n) is 3.92. The van der Waals surface area contributed by atoms with Crippen LogP contribution in [-0.2, 0) is 11.0 Å². The molecule has 2 rings (SSSR count). The van der Waals surface area contributed by atoms with Gasteiger partial charge in [0.1, 0.15) is 0 Å². The zero-order chi connectivity index (χ0) is 20.1. The number of hydrogen-bond acceptors (Lipinski definition) is 2. The van der Waals surface area contributed by atoms with Crippen molar-refractivity contribution in [1.82, 2.24) is 4.90 Å². The molecule has 1 N–H and O–H groups in total. The van der Waals surface area contributed by atoms with Crippen molar-refractivity contribution in [3.8, 4) is 0 Å². The Morgan fingerprint density at radius 3 is 2.56 bits per heavy atom. The molecule has 0 bridgehead atoms. The molecule has 3 nitrogen and oxygen atoms in total. The summed E-state index contributed by atoms with van der Waals surface area (Å²) in [4.78, 5) is 13.6. The Labute approximate surface area is 160 Å². The second kappa shape index (κ2) is 9.13. The number of carboxylic acid groups (broad SMARTS) is 1. The predicted molar refractivity (Wildman–Crippen MR) is 99.8 cm³/mol. The number of rotatable bonds is 9. The number of likely N-dealkylation sites (tertiary alicyclic amines) is 1. The predicted octanol–water partition coefficient (Wildman–Crippen LogP) is 5.22. The highest BCUT2D eigenvalue weighted by Crippen LogP contribution is 2.41. The topological polar surface area (TPSA) is 40.5 Å². The first kappa shape index (κ1) is 21.8. The Balaban J connectivity index is 2.05. The van der Waals surface area contributed by atoms with Gasteiger partial charge >= 0.3 is 12.1 Å². The van der Waals surface area contributed by atoms with Crippen molar-refractivity contribution in [3.63, 3.8) is 0 Å². The number of alkyl halides is 3. The molecule has 0 aromatic heterocycles. The van der Waals surface area contributed by atoms with Crippen LogP contribution < -0.4 is 0 Å². The molecule has 27 heavy (non-hydrogen) atoms. The first-order valence-electron chi connectivity index (χ1n) is 9.61. The van der Waals surface area contributed by atoms with E-state index in [9.17, 15) is 23.1 Å². The number of halogens is 3. The maximum atomic E-state index is 13.3. The number of aliphatic carboxylic acids is 1. The first-order chi connectivity index (χ1) is 12.7. The summed E-state index contributed by atoms with van der Waals surface area (Å²) < 4.78 is 40.0. The van der Waals surface area contributed by atoms with Crippen molar-refractivity contribution in [2.24, 2.45) is 0 Å². The SMILES string of the molecule is [B]C(CCCC)(CCCN1CCCC1c1ccccc1C(F)(F)F)C(=O)O. The molecule has 1 fully saturated rings. The standard InChI is InChI=1S/C20H27BF3NO2/c1-2-3-11-19(21,18(26)27)12-7-14-25-13-6-10-17(25)15-8-4-5-9-16(15)20(22,23)24/h4-5,8-9,17H,2-3,6-7,10-14H2,1H3,(H,26,27). The third kappa shape index (κ3) is 5.50. The molecule has 0 spiro atoms. The molecule has 1 aliphatic rings. The van der Waals surface area contributed by atoms with E-state index in [0.717, 1.165) is 31.9 Å². The van der Waals surface area contributed by atoms with Crippen LogP contribution in [0.1, 0.15) is 69.0 Å². The van der Waals surface area contributed by atoms with Crippen LogP contribution in [0.3, 0.4) is 0 Å². The average Bonchev–Trinajstić information content (AvgIpc) is 3.07. The van der Waals surface area contributed by atoms with Crippen LogP contribution in [0.5, 0.6) is 0 Å².